The first-order valence-electron chi connectivity index (χ1n) is 6.27. The molecule has 0 atom stereocenters. The standard InChI is InChI=1S/C14H24OSi2/c1-14(2,3)13(16-15-17(4)5)11-12-9-7-6-8-10-12/h6-11,17H,16H2,1-5H3. The van der Waals surface area contributed by atoms with Gasteiger partial charge in [-0.15, -0.1) is 0 Å². The molecule has 3 heteroatoms. The van der Waals surface area contributed by atoms with E-state index in [1.54, 1.807) is 0 Å². The molecule has 1 rings (SSSR count). The van der Waals surface area contributed by atoms with E-state index in [0.29, 0.717) is 0 Å². The second-order valence-corrected chi connectivity index (χ2v) is 10.2. The largest absolute Gasteiger partial charge is 0.459 e. The van der Waals surface area contributed by atoms with Crippen molar-refractivity contribution < 1.29 is 4.12 Å². The van der Waals surface area contributed by atoms with Crippen molar-refractivity contribution in [3.63, 3.8) is 0 Å². The number of benzene rings is 1. The summed E-state index contributed by atoms with van der Waals surface area (Å²) in [6, 6.07) is 10.6. The summed E-state index contributed by atoms with van der Waals surface area (Å²) in [5, 5.41) is 1.50. The lowest BCUT2D eigenvalue weighted by molar-refractivity contribution is 0.514. The minimum absolute atomic E-state index is 0.228. The van der Waals surface area contributed by atoms with E-state index < -0.39 is 18.8 Å². The van der Waals surface area contributed by atoms with Gasteiger partial charge >= 0.3 is 0 Å². The topological polar surface area (TPSA) is 9.23 Å². The van der Waals surface area contributed by atoms with Crippen LogP contribution in [0.1, 0.15) is 26.3 Å². The average molecular weight is 265 g/mol. The molecule has 0 aromatic heterocycles. The highest BCUT2D eigenvalue weighted by Gasteiger charge is 2.18. The number of allylic oxidation sites excluding steroid dienone is 1. The zero-order valence-electron chi connectivity index (χ0n) is 11.7. The van der Waals surface area contributed by atoms with Gasteiger partial charge in [-0.05, 0) is 24.1 Å². The smallest absolute Gasteiger partial charge is 0.175 e. The van der Waals surface area contributed by atoms with Crippen LogP contribution in [-0.2, 0) is 4.12 Å². The molecule has 0 amide bonds. The minimum Gasteiger partial charge on any atom is -0.459 e. The van der Waals surface area contributed by atoms with E-state index >= 15 is 0 Å². The van der Waals surface area contributed by atoms with Gasteiger partial charge in [0.05, 0.1) is 0 Å². The summed E-state index contributed by atoms with van der Waals surface area (Å²) < 4.78 is 6.01. The molecule has 1 nitrogen and oxygen atoms in total. The Bertz CT molecular complexity index is 364. The first-order chi connectivity index (χ1) is 7.89. The van der Waals surface area contributed by atoms with Gasteiger partial charge in [0.1, 0.15) is 0 Å². The van der Waals surface area contributed by atoms with Crippen LogP contribution in [0.2, 0.25) is 13.1 Å². The molecule has 0 unspecified atom stereocenters. The molecule has 0 bridgehead atoms. The molecule has 0 aliphatic heterocycles. The maximum absolute atomic E-state index is 6.01. The van der Waals surface area contributed by atoms with Crippen molar-refractivity contribution in [2.24, 2.45) is 5.41 Å². The maximum atomic E-state index is 6.01. The van der Waals surface area contributed by atoms with Gasteiger partial charge in [-0.3, -0.25) is 0 Å². The molecule has 0 spiro atoms. The Hall–Kier alpha value is -0.646. The third-order valence-corrected chi connectivity index (χ3v) is 7.59. The predicted molar refractivity (Wildman–Crippen MR) is 82.4 cm³/mol. The minimum atomic E-state index is -0.885. The van der Waals surface area contributed by atoms with Crippen molar-refractivity contribution in [1.82, 2.24) is 0 Å². The first kappa shape index (κ1) is 14.4. The second kappa shape index (κ2) is 6.33. The van der Waals surface area contributed by atoms with Crippen molar-refractivity contribution in [2.45, 2.75) is 33.9 Å². The summed E-state index contributed by atoms with van der Waals surface area (Å²) in [7, 11) is -1.43. The summed E-state index contributed by atoms with van der Waals surface area (Å²) in [5.74, 6) is 0. The van der Waals surface area contributed by atoms with Gasteiger partial charge in [-0.1, -0.05) is 62.4 Å². The summed E-state index contributed by atoms with van der Waals surface area (Å²) in [6.07, 6.45) is 2.32. The van der Waals surface area contributed by atoms with E-state index in [0.717, 1.165) is 0 Å². The molecule has 1 aromatic carbocycles. The highest BCUT2D eigenvalue weighted by Crippen LogP contribution is 2.26. The molecular weight excluding hydrogens is 240 g/mol. The Labute approximate surface area is 110 Å². The second-order valence-electron chi connectivity index (χ2n) is 5.69. The summed E-state index contributed by atoms with van der Waals surface area (Å²) in [6.45, 7) is 11.3. The Morgan fingerprint density at radius 2 is 1.76 bits per heavy atom. The highest BCUT2D eigenvalue weighted by molar-refractivity contribution is 6.59. The SMILES string of the molecule is C[SiH](C)O[SiH2]C(=Cc1ccccc1)C(C)(C)C. The fraction of sp³-hybridized carbons (Fsp3) is 0.429. The lowest BCUT2D eigenvalue weighted by Crippen LogP contribution is -2.21. The van der Waals surface area contributed by atoms with Crippen LogP contribution in [0.25, 0.3) is 6.08 Å². The number of hydrogen-bond donors (Lipinski definition) is 0. The molecule has 94 valence electrons. The van der Waals surface area contributed by atoms with Crippen LogP contribution in [0.3, 0.4) is 0 Å². The van der Waals surface area contributed by atoms with E-state index in [4.69, 9.17) is 4.12 Å². The molecule has 0 aliphatic rings. The summed E-state index contributed by atoms with van der Waals surface area (Å²) in [5.41, 5.74) is 1.52. The van der Waals surface area contributed by atoms with Crippen LogP contribution in [-0.4, -0.2) is 18.8 Å². The van der Waals surface area contributed by atoms with Gasteiger partial charge in [-0.25, -0.2) is 0 Å². The Morgan fingerprint density at radius 3 is 2.24 bits per heavy atom. The van der Waals surface area contributed by atoms with E-state index in [1.807, 2.05) is 0 Å². The Morgan fingerprint density at radius 1 is 1.18 bits per heavy atom. The van der Waals surface area contributed by atoms with E-state index in [-0.39, 0.29) is 5.41 Å². The van der Waals surface area contributed by atoms with Crippen LogP contribution in [0.5, 0.6) is 0 Å². The van der Waals surface area contributed by atoms with Gasteiger partial charge in [-0.2, -0.15) is 0 Å². The molecule has 0 fully saturated rings. The van der Waals surface area contributed by atoms with E-state index in [2.05, 4.69) is 70.3 Å². The summed E-state index contributed by atoms with van der Waals surface area (Å²) in [4.78, 5) is 0. The zero-order chi connectivity index (χ0) is 12.9. The lowest BCUT2D eigenvalue weighted by atomic mass is 9.94. The molecule has 0 aliphatic carbocycles. The maximum Gasteiger partial charge on any atom is 0.175 e. The molecule has 0 saturated heterocycles. The van der Waals surface area contributed by atoms with Crippen LogP contribution in [0, 0.1) is 5.41 Å². The van der Waals surface area contributed by atoms with Gasteiger partial charge in [0.15, 0.2) is 18.8 Å². The van der Waals surface area contributed by atoms with Gasteiger partial charge < -0.3 is 4.12 Å². The zero-order valence-corrected chi connectivity index (χ0v) is 14.2. The Kier molecular flexibility index (Phi) is 5.37. The van der Waals surface area contributed by atoms with Crippen molar-refractivity contribution in [1.29, 1.82) is 0 Å². The van der Waals surface area contributed by atoms with Gasteiger partial charge in [0, 0.05) is 0 Å². The quantitative estimate of drug-likeness (QED) is 0.759. The molecule has 17 heavy (non-hydrogen) atoms. The third-order valence-electron chi connectivity index (χ3n) is 2.68. The molecule has 0 N–H and O–H groups in total. The summed E-state index contributed by atoms with van der Waals surface area (Å²) >= 11 is 0. The third kappa shape index (κ3) is 5.48. The van der Waals surface area contributed by atoms with Crippen molar-refractivity contribution >= 4 is 24.9 Å². The van der Waals surface area contributed by atoms with Gasteiger partial charge in [0.25, 0.3) is 0 Å². The average Bonchev–Trinajstić information content (AvgIpc) is 2.23. The monoisotopic (exact) mass is 264 g/mol. The normalized spacial score (nSPS) is 13.9. The number of rotatable bonds is 4. The molecule has 1 aromatic rings. The lowest BCUT2D eigenvalue weighted by Gasteiger charge is -2.24. The van der Waals surface area contributed by atoms with Crippen molar-refractivity contribution in [2.75, 3.05) is 0 Å². The molecule has 0 radical (unpaired) electrons. The van der Waals surface area contributed by atoms with Crippen LogP contribution >= 0.6 is 0 Å². The van der Waals surface area contributed by atoms with Crippen molar-refractivity contribution in [3.8, 4) is 0 Å². The predicted octanol–water partition coefficient (Wildman–Crippen LogP) is 3.16. The fourth-order valence-electron chi connectivity index (χ4n) is 1.48. The van der Waals surface area contributed by atoms with Crippen LogP contribution < -0.4 is 0 Å². The number of hydrogen-bond acceptors (Lipinski definition) is 1. The van der Waals surface area contributed by atoms with Crippen LogP contribution in [0.15, 0.2) is 35.5 Å². The van der Waals surface area contributed by atoms with Crippen LogP contribution in [0.4, 0.5) is 0 Å². The fourth-order valence-corrected chi connectivity index (χ4v) is 4.29. The van der Waals surface area contributed by atoms with E-state index in [9.17, 15) is 0 Å². The first-order valence-corrected chi connectivity index (χ1v) is 10.3. The molecule has 0 heterocycles. The molecular formula is C14H24OSi2. The highest BCUT2D eigenvalue weighted by atomic mass is 28.3. The van der Waals surface area contributed by atoms with Gasteiger partial charge in [0.2, 0.25) is 0 Å². The van der Waals surface area contributed by atoms with E-state index in [1.165, 1.54) is 10.8 Å². The Balaban J connectivity index is 2.87. The molecule has 0 saturated carbocycles. The van der Waals surface area contributed by atoms with Crippen molar-refractivity contribution in [3.05, 3.63) is 41.1 Å².